The molecule has 0 aliphatic carbocycles. The standard InChI is InChI=1S/C30H34ClN3O4S/c1-38-27-15-14-26(31)21-28(27)39(36,37)34-16-8-13-25(22-34)30(35)33-19-17-32(18-20-33)29(23-9-4-2-5-10-23)24-11-6-3-7-12-24/h2-7,9-12,14-15,21,25,29H,8,13,16-20,22H2,1H3/t25-/m0/s1. The van der Waals surface area contributed by atoms with Gasteiger partial charge < -0.3 is 9.64 Å². The molecule has 5 rings (SSSR count). The van der Waals surface area contributed by atoms with Gasteiger partial charge in [-0.25, -0.2) is 8.42 Å². The average molecular weight is 568 g/mol. The van der Waals surface area contributed by atoms with Gasteiger partial charge in [0.2, 0.25) is 15.9 Å². The van der Waals surface area contributed by atoms with Gasteiger partial charge in [0.25, 0.3) is 0 Å². The second-order valence-corrected chi connectivity index (χ2v) is 12.4. The second-order valence-electron chi connectivity index (χ2n) is 10.1. The number of amides is 1. The molecule has 206 valence electrons. The maximum atomic E-state index is 13.6. The summed E-state index contributed by atoms with van der Waals surface area (Å²) in [7, 11) is -2.43. The molecule has 9 heteroatoms. The Bertz CT molecular complexity index is 1340. The van der Waals surface area contributed by atoms with Crippen molar-refractivity contribution in [1.82, 2.24) is 14.1 Å². The average Bonchev–Trinajstić information content (AvgIpc) is 2.98. The molecule has 1 atom stereocenters. The van der Waals surface area contributed by atoms with Crippen molar-refractivity contribution < 1.29 is 17.9 Å². The van der Waals surface area contributed by atoms with Crippen LogP contribution in [0.3, 0.4) is 0 Å². The first-order valence-corrected chi connectivity index (χ1v) is 15.2. The van der Waals surface area contributed by atoms with E-state index in [2.05, 4.69) is 53.4 Å². The third-order valence-electron chi connectivity index (χ3n) is 7.70. The lowest BCUT2D eigenvalue weighted by molar-refractivity contribution is -0.138. The third-order valence-corrected chi connectivity index (χ3v) is 9.82. The molecule has 2 heterocycles. The topological polar surface area (TPSA) is 70.2 Å². The summed E-state index contributed by atoms with van der Waals surface area (Å²) in [5.74, 6) is -0.0942. The minimum atomic E-state index is -3.86. The van der Waals surface area contributed by atoms with Gasteiger partial charge in [0.1, 0.15) is 10.6 Å². The fraction of sp³-hybridized carbons (Fsp3) is 0.367. The van der Waals surface area contributed by atoms with E-state index in [1.54, 1.807) is 12.1 Å². The van der Waals surface area contributed by atoms with Gasteiger partial charge in [-0.05, 0) is 42.2 Å². The van der Waals surface area contributed by atoms with E-state index in [0.29, 0.717) is 37.5 Å². The zero-order valence-electron chi connectivity index (χ0n) is 22.1. The maximum Gasteiger partial charge on any atom is 0.246 e. The molecule has 0 radical (unpaired) electrons. The summed E-state index contributed by atoms with van der Waals surface area (Å²) in [5.41, 5.74) is 2.46. The zero-order chi connectivity index (χ0) is 27.4. The molecule has 39 heavy (non-hydrogen) atoms. The Kier molecular flexibility index (Phi) is 8.57. The van der Waals surface area contributed by atoms with Crippen LogP contribution >= 0.6 is 11.6 Å². The number of methoxy groups -OCH3 is 1. The van der Waals surface area contributed by atoms with Gasteiger partial charge in [-0.2, -0.15) is 4.31 Å². The first-order chi connectivity index (χ1) is 18.9. The highest BCUT2D eigenvalue weighted by atomic mass is 35.5. The number of carbonyl (C=O) groups is 1. The Morgan fingerprint density at radius 2 is 1.51 bits per heavy atom. The Hall–Kier alpha value is -2.91. The molecular weight excluding hydrogens is 534 g/mol. The Morgan fingerprint density at radius 3 is 2.10 bits per heavy atom. The van der Waals surface area contributed by atoms with Gasteiger partial charge in [-0.3, -0.25) is 9.69 Å². The molecule has 0 unspecified atom stereocenters. The predicted octanol–water partition coefficient (Wildman–Crippen LogP) is 4.68. The Morgan fingerprint density at radius 1 is 0.897 bits per heavy atom. The summed E-state index contributed by atoms with van der Waals surface area (Å²) < 4.78 is 33.7. The van der Waals surface area contributed by atoms with E-state index in [-0.39, 0.29) is 35.1 Å². The number of benzene rings is 3. The summed E-state index contributed by atoms with van der Waals surface area (Å²) in [6.07, 6.45) is 1.30. The fourth-order valence-corrected chi connectivity index (χ4v) is 7.64. The van der Waals surface area contributed by atoms with Crippen molar-refractivity contribution in [2.45, 2.75) is 23.8 Å². The van der Waals surface area contributed by atoms with Crippen molar-refractivity contribution in [3.63, 3.8) is 0 Å². The number of sulfonamides is 1. The monoisotopic (exact) mass is 567 g/mol. The molecule has 3 aromatic rings. The first-order valence-electron chi connectivity index (χ1n) is 13.3. The number of piperazine rings is 1. The molecular formula is C30H34ClN3O4S. The van der Waals surface area contributed by atoms with Gasteiger partial charge in [-0.15, -0.1) is 0 Å². The molecule has 2 fully saturated rings. The van der Waals surface area contributed by atoms with Crippen LogP contribution in [-0.2, 0) is 14.8 Å². The molecule has 0 saturated carbocycles. The number of piperidine rings is 1. The number of hydrogen-bond acceptors (Lipinski definition) is 5. The van der Waals surface area contributed by atoms with E-state index in [1.165, 1.54) is 28.6 Å². The van der Waals surface area contributed by atoms with Crippen LogP contribution in [0, 0.1) is 5.92 Å². The second kappa shape index (κ2) is 12.1. The summed E-state index contributed by atoms with van der Waals surface area (Å²) >= 11 is 6.11. The van der Waals surface area contributed by atoms with Crippen LogP contribution in [0.1, 0.15) is 30.0 Å². The van der Waals surface area contributed by atoms with Crippen molar-refractivity contribution >= 4 is 27.5 Å². The summed E-state index contributed by atoms with van der Waals surface area (Å²) in [6.45, 7) is 3.24. The molecule has 0 N–H and O–H groups in total. The van der Waals surface area contributed by atoms with E-state index in [0.717, 1.165) is 13.1 Å². The summed E-state index contributed by atoms with van der Waals surface area (Å²) in [4.78, 5) is 18.0. The third kappa shape index (κ3) is 5.99. The minimum absolute atomic E-state index is 0.0311. The SMILES string of the molecule is COc1ccc(Cl)cc1S(=O)(=O)N1CCC[C@H](C(=O)N2CCN(C(c3ccccc3)c3ccccc3)CC2)C1. The van der Waals surface area contributed by atoms with E-state index in [9.17, 15) is 13.2 Å². The van der Waals surface area contributed by atoms with Gasteiger partial charge >= 0.3 is 0 Å². The van der Waals surface area contributed by atoms with Crippen LogP contribution < -0.4 is 4.74 Å². The van der Waals surface area contributed by atoms with Crippen LogP contribution in [0.2, 0.25) is 5.02 Å². The molecule has 0 aromatic heterocycles. The lowest BCUT2D eigenvalue weighted by atomic mass is 9.95. The number of ether oxygens (including phenoxy) is 1. The van der Waals surface area contributed by atoms with Crippen LogP contribution in [0.4, 0.5) is 0 Å². The molecule has 1 amide bonds. The van der Waals surface area contributed by atoms with Crippen molar-refractivity contribution in [2.24, 2.45) is 5.92 Å². The van der Waals surface area contributed by atoms with Crippen LogP contribution in [-0.4, -0.2) is 74.8 Å². The normalized spacial score (nSPS) is 19.3. The quantitative estimate of drug-likeness (QED) is 0.414. The number of rotatable bonds is 7. The van der Waals surface area contributed by atoms with E-state index in [4.69, 9.17) is 16.3 Å². The Balaban J connectivity index is 1.27. The fourth-order valence-electron chi connectivity index (χ4n) is 5.70. The summed E-state index contributed by atoms with van der Waals surface area (Å²) in [5, 5.41) is 0.321. The van der Waals surface area contributed by atoms with Crippen LogP contribution in [0.15, 0.2) is 83.8 Å². The number of nitrogens with zero attached hydrogens (tertiary/aromatic N) is 3. The number of halogens is 1. The molecule has 2 aliphatic rings. The number of hydrogen-bond donors (Lipinski definition) is 0. The van der Waals surface area contributed by atoms with E-state index in [1.807, 2.05) is 17.0 Å². The predicted molar refractivity (Wildman–Crippen MR) is 152 cm³/mol. The van der Waals surface area contributed by atoms with E-state index >= 15 is 0 Å². The van der Waals surface area contributed by atoms with Gasteiger partial charge in [0, 0.05) is 44.3 Å². The van der Waals surface area contributed by atoms with Gasteiger partial charge in [0.05, 0.1) is 19.1 Å². The smallest absolute Gasteiger partial charge is 0.246 e. The van der Waals surface area contributed by atoms with Crippen molar-refractivity contribution in [3.8, 4) is 5.75 Å². The van der Waals surface area contributed by atoms with E-state index < -0.39 is 10.0 Å². The highest BCUT2D eigenvalue weighted by molar-refractivity contribution is 7.89. The molecule has 0 spiro atoms. The van der Waals surface area contributed by atoms with Gasteiger partial charge in [-0.1, -0.05) is 72.3 Å². The number of carbonyl (C=O) groups excluding carboxylic acids is 1. The maximum absolute atomic E-state index is 13.6. The van der Waals surface area contributed by atoms with Crippen molar-refractivity contribution in [3.05, 3.63) is 95.0 Å². The van der Waals surface area contributed by atoms with Gasteiger partial charge in [0.15, 0.2) is 0 Å². The van der Waals surface area contributed by atoms with Crippen LogP contribution in [0.5, 0.6) is 5.75 Å². The minimum Gasteiger partial charge on any atom is -0.495 e. The lowest BCUT2D eigenvalue weighted by Gasteiger charge is -2.41. The molecule has 3 aromatic carbocycles. The van der Waals surface area contributed by atoms with Crippen molar-refractivity contribution in [1.29, 1.82) is 0 Å². The highest BCUT2D eigenvalue weighted by Gasteiger charge is 2.37. The molecule has 0 bridgehead atoms. The molecule has 2 saturated heterocycles. The van der Waals surface area contributed by atoms with Crippen LogP contribution in [0.25, 0.3) is 0 Å². The molecule has 2 aliphatic heterocycles. The lowest BCUT2D eigenvalue weighted by Crippen LogP contribution is -2.53. The highest BCUT2D eigenvalue weighted by Crippen LogP contribution is 2.33. The summed E-state index contributed by atoms with van der Waals surface area (Å²) in [6, 6.07) is 25.6. The molecule has 7 nitrogen and oxygen atoms in total. The largest absolute Gasteiger partial charge is 0.495 e. The Labute approximate surface area is 236 Å². The zero-order valence-corrected chi connectivity index (χ0v) is 23.7. The van der Waals surface area contributed by atoms with Crippen molar-refractivity contribution in [2.75, 3.05) is 46.4 Å². The first kappa shape index (κ1) is 27.6.